The number of nitrogens with zero attached hydrogens (tertiary/aromatic N) is 2. The Balaban J connectivity index is 2.85. The van der Waals surface area contributed by atoms with Crippen LogP contribution in [0, 0.1) is 5.41 Å². The lowest BCUT2D eigenvalue weighted by atomic mass is 10.2. The Morgan fingerprint density at radius 2 is 2.43 bits per heavy atom. The largest absolute Gasteiger partial charge is 0.494 e. The number of ether oxygens (including phenoxy) is 1. The Bertz CT molecular complexity index is 492. The molecule has 0 spiro atoms. The molecule has 0 unspecified atom stereocenters. The van der Waals surface area contributed by atoms with E-state index in [-0.39, 0.29) is 0 Å². The van der Waals surface area contributed by atoms with Crippen molar-refractivity contribution in [3.8, 4) is 5.75 Å². The average molecular weight is 254 g/mol. The monoisotopic (exact) mass is 253 g/mol. The molecular formula is C9H8BrN3O. The lowest BCUT2D eigenvalue weighted by Gasteiger charge is -2.03. The number of aromatic nitrogens is 2. The van der Waals surface area contributed by atoms with Crippen molar-refractivity contribution in [2.75, 3.05) is 7.11 Å². The average Bonchev–Trinajstić information content (AvgIpc) is 2.59. The van der Waals surface area contributed by atoms with Crippen molar-refractivity contribution in [3.63, 3.8) is 0 Å². The topological polar surface area (TPSA) is 50.4 Å². The van der Waals surface area contributed by atoms with E-state index in [1.807, 2.05) is 12.3 Å². The predicted octanol–water partition coefficient (Wildman–Crippen LogP) is 2.10. The third kappa shape index (κ3) is 1.29. The Labute approximate surface area is 89.1 Å². The molecule has 0 saturated carbocycles. The third-order valence-electron chi connectivity index (χ3n) is 1.95. The zero-order valence-electron chi connectivity index (χ0n) is 7.49. The summed E-state index contributed by atoms with van der Waals surface area (Å²) in [6.45, 7) is 0. The summed E-state index contributed by atoms with van der Waals surface area (Å²) in [6, 6.07) is 1.85. The van der Waals surface area contributed by atoms with E-state index < -0.39 is 0 Å². The zero-order chi connectivity index (χ0) is 10.1. The number of rotatable bonds is 2. The second-order valence-corrected chi connectivity index (χ2v) is 3.68. The Kier molecular flexibility index (Phi) is 2.25. The molecule has 0 atom stereocenters. The molecular weight excluding hydrogens is 246 g/mol. The fraction of sp³-hybridized carbons (Fsp3) is 0.111. The first-order valence-corrected chi connectivity index (χ1v) is 4.77. The van der Waals surface area contributed by atoms with Crippen molar-refractivity contribution < 1.29 is 4.74 Å². The van der Waals surface area contributed by atoms with E-state index in [0.29, 0.717) is 5.75 Å². The molecule has 2 aromatic rings. The van der Waals surface area contributed by atoms with E-state index >= 15 is 0 Å². The minimum atomic E-state index is 0.704. The molecule has 72 valence electrons. The molecule has 1 N–H and O–H groups in total. The molecule has 0 bridgehead atoms. The van der Waals surface area contributed by atoms with Gasteiger partial charge in [-0.25, -0.2) is 4.52 Å². The molecule has 2 rings (SSSR count). The maximum atomic E-state index is 7.22. The summed E-state index contributed by atoms with van der Waals surface area (Å²) in [5.74, 6) is 0.704. The minimum Gasteiger partial charge on any atom is -0.494 e. The number of methoxy groups -OCH3 is 1. The molecule has 0 aliphatic heterocycles. The van der Waals surface area contributed by atoms with Crippen molar-refractivity contribution in [1.82, 2.24) is 9.61 Å². The molecule has 0 fully saturated rings. The number of hydrogen-bond acceptors (Lipinski definition) is 3. The van der Waals surface area contributed by atoms with Gasteiger partial charge < -0.3 is 10.1 Å². The van der Waals surface area contributed by atoms with Crippen molar-refractivity contribution in [2.24, 2.45) is 0 Å². The summed E-state index contributed by atoms with van der Waals surface area (Å²) in [7, 11) is 1.60. The second kappa shape index (κ2) is 3.42. The van der Waals surface area contributed by atoms with Gasteiger partial charge in [0, 0.05) is 22.4 Å². The highest BCUT2D eigenvalue weighted by molar-refractivity contribution is 9.10. The molecule has 0 aliphatic rings. The van der Waals surface area contributed by atoms with Crippen LogP contribution in [0.5, 0.6) is 5.75 Å². The van der Waals surface area contributed by atoms with Gasteiger partial charge >= 0.3 is 0 Å². The second-order valence-electron chi connectivity index (χ2n) is 2.76. The van der Waals surface area contributed by atoms with Crippen LogP contribution in [0.15, 0.2) is 22.9 Å². The van der Waals surface area contributed by atoms with E-state index in [4.69, 9.17) is 10.1 Å². The maximum absolute atomic E-state index is 7.22. The summed E-state index contributed by atoms with van der Waals surface area (Å²) in [5.41, 5.74) is 1.56. The van der Waals surface area contributed by atoms with Gasteiger partial charge in [-0.05, 0) is 22.0 Å². The number of fused-ring (bicyclic) bond motifs is 1. The van der Waals surface area contributed by atoms with Gasteiger partial charge in [0.1, 0.15) is 11.3 Å². The first kappa shape index (κ1) is 9.21. The first-order chi connectivity index (χ1) is 6.76. The fourth-order valence-corrected chi connectivity index (χ4v) is 1.74. The molecule has 5 heteroatoms. The van der Waals surface area contributed by atoms with Gasteiger partial charge in [0.2, 0.25) is 0 Å². The van der Waals surface area contributed by atoms with Gasteiger partial charge in [-0.2, -0.15) is 5.10 Å². The zero-order valence-corrected chi connectivity index (χ0v) is 9.08. The summed E-state index contributed by atoms with van der Waals surface area (Å²) in [5, 5.41) is 11.3. The van der Waals surface area contributed by atoms with Gasteiger partial charge in [-0.3, -0.25) is 0 Å². The molecule has 0 amide bonds. The summed E-state index contributed by atoms with van der Waals surface area (Å²) < 4.78 is 7.79. The standard InChI is InChI=1S/C9H8BrN3O/c1-14-8-2-7(10)5-13-9(8)6(3-11)4-12-13/h2-5,11H,1H3. The number of pyridine rings is 1. The molecule has 0 aromatic carbocycles. The highest BCUT2D eigenvalue weighted by Crippen LogP contribution is 2.26. The van der Waals surface area contributed by atoms with Gasteiger partial charge in [0.15, 0.2) is 0 Å². The molecule has 0 radical (unpaired) electrons. The van der Waals surface area contributed by atoms with Crippen LogP contribution in [0.4, 0.5) is 0 Å². The van der Waals surface area contributed by atoms with E-state index in [1.54, 1.807) is 17.8 Å². The van der Waals surface area contributed by atoms with E-state index in [1.165, 1.54) is 6.21 Å². The fourth-order valence-electron chi connectivity index (χ4n) is 1.34. The highest BCUT2D eigenvalue weighted by Gasteiger charge is 2.08. The highest BCUT2D eigenvalue weighted by atomic mass is 79.9. The van der Waals surface area contributed by atoms with Crippen LogP contribution in [-0.4, -0.2) is 22.9 Å². The quantitative estimate of drug-likeness (QED) is 0.834. The Hall–Kier alpha value is -1.36. The van der Waals surface area contributed by atoms with Gasteiger partial charge in [0.25, 0.3) is 0 Å². The molecule has 4 nitrogen and oxygen atoms in total. The predicted molar refractivity (Wildman–Crippen MR) is 57.3 cm³/mol. The summed E-state index contributed by atoms with van der Waals surface area (Å²) in [4.78, 5) is 0. The van der Waals surface area contributed by atoms with Crippen LogP contribution in [0.2, 0.25) is 0 Å². The molecule has 14 heavy (non-hydrogen) atoms. The summed E-state index contributed by atoms with van der Waals surface area (Å²) >= 11 is 3.36. The SMILES string of the molecule is COc1cc(Br)cn2ncc(C=N)c12. The number of nitrogens with one attached hydrogen (secondary N) is 1. The first-order valence-electron chi connectivity index (χ1n) is 3.97. The molecule has 0 aliphatic carbocycles. The van der Waals surface area contributed by atoms with Gasteiger partial charge in [0.05, 0.1) is 13.3 Å². The Morgan fingerprint density at radius 3 is 3.07 bits per heavy atom. The Morgan fingerprint density at radius 1 is 1.64 bits per heavy atom. The summed E-state index contributed by atoms with van der Waals surface area (Å²) in [6.07, 6.45) is 4.72. The van der Waals surface area contributed by atoms with Crippen LogP contribution >= 0.6 is 15.9 Å². The van der Waals surface area contributed by atoms with Crippen LogP contribution in [0.25, 0.3) is 5.52 Å². The van der Waals surface area contributed by atoms with Gasteiger partial charge in [-0.15, -0.1) is 0 Å². The molecule has 0 saturated heterocycles. The normalized spacial score (nSPS) is 10.4. The van der Waals surface area contributed by atoms with Gasteiger partial charge in [-0.1, -0.05) is 0 Å². The van der Waals surface area contributed by atoms with Crippen LogP contribution < -0.4 is 4.74 Å². The number of hydrogen-bond donors (Lipinski definition) is 1. The van der Waals surface area contributed by atoms with E-state index in [0.717, 1.165) is 15.6 Å². The van der Waals surface area contributed by atoms with E-state index in [9.17, 15) is 0 Å². The molecule has 2 aromatic heterocycles. The van der Waals surface area contributed by atoms with Crippen molar-refractivity contribution in [2.45, 2.75) is 0 Å². The maximum Gasteiger partial charge on any atom is 0.146 e. The lowest BCUT2D eigenvalue weighted by molar-refractivity contribution is 0.417. The van der Waals surface area contributed by atoms with Crippen LogP contribution in [0.1, 0.15) is 5.56 Å². The minimum absolute atomic E-state index is 0.704. The smallest absolute Gasteiger partial charge is 0.146 e. The van der Waals surface area contributed by atoms with E-state index in [2.05, 4.69) is 21.0 Å². The number of halogens is 1. The van der Waals surface area contributed by atoms with Crippen LogP contribution in [-0.2, 0) is 0 Å². The lowest BCUT2D eigenvalue weighted by Crippen LogP contribution is -1.92. The van der Waals surface area contributed by atoms with Crippen LogP contribution in [0.3, 0.4) is 0 Å². The van der Waals surface area contributed by atoms with Crippen molar-refractivity contribution in [1.29, 1.82) is 5.41 Å². The third-order valence-corrected chi connectivity index (χ3v) is 2.38. The van der Waals surface area contributed by atoms with Crippen molar-refractivity contribution in [3.05, 3.63) is 28.5 Å². The molecule has 2 heterocycles. The van der Waals surface area contributed by atoms with Crippen molar-refractivity contribution >= 4 is 27.7 Å².